The van der Waals surface area contributed by atoms with Gasteiger partial charge in [-0.25, -0.2) is 0 Å². The molecule has 68 valence electrons. The third kappa shape index (κ3) is 1.54. The van der Waals surface area contributed by atoms with Crippen molar-refractivity contribution < 1.29 is 4.65 Å². The molecule has 0 N–H and O–H groups in total. The van der Waals surface area contributed by atoms with Crippen LogP contribution in [0.15, 0.2) is 0 Å². The average molecular weight is 166 g/mol. The van der Waals surface area contributed by atoms with E-state index in [9.17, 15) is 0 Å². The molecule has 0 atom stereocenters. The summed E-state index contributed by atoms with van der Waals surface area (Å²) in [4.78, 5) is 0. The minimum Gasteiger partial charge on any atom is -0.436 e. The highest BCUT2D eigenvalue weighted by Crippen LogP contribution is 2.46. The van der Waals surface area contributed by atoms with Gasteiger partial charge in [0, 0.05) is 6.61 Å². The molecule has 2 rings (SSSR count). The molecule has 2 saturated heterocycles. The van der Waals surface area contributed by atoms with Crippen LogP contribution in [0.1, 0.15) is 45.4 Å². The maximum absolute atomic E-state index is 5.85. The van der Waals surface area contributed by atoms with Crippen molar-refractivity contribution in [2.24, 2.45) is 0 Å². The van der Waals surface area contributed by atoms with E-state index in [0.717, 1.165) is 18.2 Å². The van der Waals surface area contributed by atoms with Crippen molar-refractivity contribution in [3.8, 4) is 0 Å². The van der Waals surface area contributed by atoms with Crippen LogP contribution in [-0.2, 0) is 4.65 Å². The lowest BCUT2D eigenvalue weighted by molar-refractivity contribution is 0.283. The topological polar surface area (TPSA) is 9.23 Å². The monoisotopic (exact) mass is 166 g/mol. The molecule has 2 aliphatic heterocycles. The molecule has 2 heterocycles. The van der Waals surface area contributed by atoms with Gasteiger partial charge in [0.2, 0.25) is 0 Å². The zero-order chi connectivity index (χ0) is 8.39. The first-order valence-electron chi connectivity index (χ1n) is 5.53. The van der Waals surface area contributed by atoms with Gasteiger partial charge in [0.05, 0.1) is 0 Å². The van der Waals surface area contributed by atoms with Crippen LogP contribution in [0.2, 0.25) is 11.6 Å². The standard InChI is InChI=1S/C10H19BO/c1-2-12-11-9-5-3-6-10(11)8-4-7-9/h9-10H,2-8H2,1H3. The fourth-order valence-corrected chi connectivity index (χ4v) is 3.08. The SMILES string of the molecule is CCOB1C2CCCC1CCC2. The van der Waals surface area contributed by atoms with Crippen LogP contribution in [0.5, 0.6) is 0 Å². The van der Waals surface area contributed by atoms with Crippen LogP contribution in [0.4, 0.5) is 0 Å². The van der Waals surface area contributed by atoms with E-state index >= 15 is 0 Å². The van der Waals surface area contributed by atoms with E-state index in [0.29, 0.717) is 6.92 Å². The van der Waals surface area contributed by atoms with E-state index in [-0.39, 0.29) is 0 Å². The Kier molecular flexibility index (Phi) is 2.74. The predicted molar refractivity (Wildman–Crippen MR) is 52.6 cm³/mol. The predicted octanol–water partition coefficient (Wildman–Crippen LogP) is 3.12. The van der Waals surface area contributed by atoms with Gasteiger partial charge >= 0.3 is 0 Å². The number of hydrogen-bond donors (Lipinski definition) is 0. The van der Waals surface area contributed by atoms with Crippen LogP contribution in [0, 0.1) is 0 Å². The van der Waals surface area contributed by atoms with E-state index in [2.05, 4.69) is 6.92 Å². The normalized spacial score (nSPS) is 35.2. The fourth-order valence-electron chi connectivity index (χ4n) is 3.08. The Hall–Kier alpha value is 0.0249. The van der Waals surface area contributed by atoms with Gasteiger partial charge in [-0.15, -0.1) is 0 Å². The molecule has 0 aromatic heterocycles. The maximum atomic E-state index is 5.85. The second-order valence-electron chi connectivity index (χ2n) is 4.30. The van der Waals surface area contributed by atoms with Gasteiger partial charge in [-0.1, -0.05) is 38.5 Å². The van der Waals surface area contributed by atoms with E-state index in [1.807, 2.05) is 0 Å². The quantitative estimate of drug-likeness (QED) is 0.572. The first-order valence-corrected chi connectivity index (χ1v) is 5.53. The first kappa shape index (κ1) is 8.62. The van der Waals surface area contributed by atoms with Gasteiger partial charge in [-0.05, 0) is 18.6 Å². The smallest absolute Gasteiger partial charge is 0.299 e. The lowest BCUT2D eigenvalue weighted by Gasteiger charge is -2.39. The summed E-state index contributed by atoms with van der Waals surface area (Å²) < 4.78 is 5.85. The summed E-state index contributed by atoms with van der Waals surface area (Å²) in [5, 5.41) is 0. The van der Waals surface area contributed by atoms with Gasteiger partial charge in [0.25, 0.3) is 6.92 Å². The fraction of sp³-hybridized carbons (Fsp3) is 1.00. The van der Waals surface area contributed by atoms with Crippen molar-refractivity contribution in [1.29, 1.82) is 0 Å². The molecule has 0 aromatic carbocycles. The Bertz CT molecular complexity index is 127. The van der Waals surface area contributed by atoms with Crippen LogP contribution >= 0.6 is 0 Å². The minimum atomic E-state index is 0.637. The summed E-state index contributed by atoms with van der Waals surface area (Å²) in [6, 6.07) is 0. The Labute approximate surface area is 76.0 Å². The summed E-state index contributed by atoms with van der Waals surface area (Å²) >= 11 is 0. The van der Waals surface area contributed by atoms with Crippen molar-refractivity contribution in [1.82, 2.24) is 0 Å². The maximum Gasteiger partial charge on any atom is 0.299 e. The average Bonchev–Trinajstić information content (AvgIpc) is 2.04. The highest BCUT2D eigenvalue weighted by atomic mass is 16.4. The molecule has 0 unspecified atom stereocenters. The number of fused-ring (bicyclic) bond motifs is 2. The molecule has 0 saturated carbocycles. The van der Waals surface area contributed by atoms with Crippen LogP contribution in [0.25, 0.3) is 0 Å². The Balaban J connectivity index is 1.98. The molecule has 12 heavy (non-hydrogen) atoms. The first-order chi connectivity index (χ1) is 5.92. The summed E-state index contributed by atoms with van der Waals surface area (Å²) in [6.45, 7) is 3.68. The third-order valence-corrected chi connectivity index (χ3v) is 3.59. The highest BCUT2D eigenvalue weighted by Gasteiger charge is 2.40. The van der Waals surface area contributed by atoms with E-state index in [4.69, 9.17) is 4.65 Å². The minimum absolute atomic E-state index is 0.637. The van der Waals surface area contributed by atoms with E-state index in [1.165, 1.54) is 38.5 Å². The number of rotatable bonds is 2. The molecule has 1 nitrogen and oxygen atoms in total. The summed E-state index contributed by atoms with van der Waals surface area (Å²) in [5.41, 5.74) is 0. The van der Waals surface area contributed by atoms with Gasteiger partial charge in [-0.3, -0.25) is 0 Å². The summed E-state index contributed by atoms with van der Waals surface area (Å²) in [7, 11) is 0. The van der Waals surface area contributed by atoms with Crippen molar-refractivity contribution in [3.63, 3.8) is 0 Å². The molecule has 0 aromatic rings. The second kappa shape index (κ2) is 3.82. The third-order valence-electron chi connectivity index (χ3n) is 3.59. The van der Waals surface area contributed by atoms with Crippen molar-refractivity contribution in [2.45, 2.75) is 57.1 Å². The highest BCUT2D eigenvalue weighted by molar-refractivity contribution is 6.55. The largest absolute Gasteiger partial charge is 0.436 e. The zero-order valence-electron chi connectivity index (χ0n) is 8.09. The van der Waals surface area contributed by atoms with Crippen molar-refractivity contribution >= 4 is 6.92 Å². The Morgan fingerprint density at radius 2 is 1.58 bits per heavy atom. The van der Waals surface area contributed by atoms with Gasteiger partial charge < -0.3 is 4.65 Å². The molecular weight excluding hydrogens is 147 g/mol. The Morgan fingerprint density at radius 1 is 1.08 bits per heavy atom. The lowest BCUT2D eigenvalue weighted by atomic mass is 9.38. The van der Waals surface area contributed by atoms with E-state index in [1.54, 1.807) is 0 Å². The molecule has 0 aliphatic carbocycles. The van der Waals surface area contributed by atoms with E-state index < -0.39 is 0 Å². The van der Waals surface area contributed by atoms with Gasteiger partial charge in [-0.2, -0.15) is 0 Å². The van der Waals surface area contributed by atoms with Gasteiger partial charge in [0.1, 0.15) is 0 Å². The van der Waals surface area contributed by atoms with Crippen molar-refractivity contribution in [3.05, 3.63) is 0 Å². The molecule has 2 heteroatoms. The molecule has 0 amide bonds. The zero-order valence-corrected chi connectivity index (χ0v) is 8.09. The molecule has 0 radical (unpaired) electrons. The van der Waals surface area contributed by atoms with Gasteiger partial charge in [0.15, 0.2) is 0 Å². The molecule has 0 spiro atoms. The molecular formula is C10H19BO. The van der Waals surface area contributed by atoms with Crippen LogP contribution < -0.4 is 0 Å². The van der Waals surface area contributed by atoms with Crippen LogP contribution in [-0.4, -0.2) is 13.5 Å². The molecule has 2 aliphatic rings. The Morgan fingerprint density at radius 3 is 2.00 bits per heavy atom. The summed E-state index contributed by atoms with van der Waals surface area (Å²) in [6.07, 6.45) is 8.64. The molecule has 2 fully saturated rings. The molecule has 2 bridgehead atoms. The van der Waals surface area contributed by atoms with Crippen LogP contribution in [0.3, 0.4) is 0 Å². The summed E-state index contributed by atoms with van der Waals surface area (Å²) in [5.74, 6) is 1.83. The lowest BCUT2D eigenvalue weighted by Crippen LogP contribution is -2.37. The van der Waals surface area contributed by atoms with Crippen molar-refractivity contribution in [2.75, 3.05) is 6.61 Å². The number of hydrogen-bond acceptors (Lipinski definition) is 1. The second-order valence-corrected chi connectivity index (χ2v) is 4.30.